The van der Waals surface area contributed by atoms with Gasteiger partial charge in [-0.3, -0.25) is 9.88 Å². The van der Waals surface area contributed by atoms with Gasteiger partial charge in [0.05, 0.1) is 36.0 Å². The van der Waals surface area contributed by atoms with Gasteiger partial charge in [0.15, 0.2) is 23.0 Å². The maximum atomic E-state index is 15.5. The molecule has 3 atom stereocenters. The molecule has 1 unspecified atom stereocenters. The monoisotopic (exact) mass is 689 g/mol. The summed E-state index contributed by atoms with van der Waals surface area (Å²) in [6, 6.07) is 7.06. The molecule has 1 aliphatic rings. The number of rotatable bonds is 10. The number of hydrogen-bond donors (Lipinski definition) is 4. The minimum atomic E-state index is -4.97. The molecule has 1 saturated heterocycles. The van der Waals surface area contributed by atoms with Gasteiger partial charge < -0.3 is 35.1 Å². The van der Waals surface area contributed by atoms with Gasteiger partial charge in [0.25, 0.3) is 6.43 Å². The van der Waals surface area contributed by atoms with E-state index < -0.39 is 43.3 Å². The van der Waals surface area contributed by atoms with E-state index in [0.29, 0.717) is 41.4 Å². The summed E-state index contributed by atoms with van der Waals surface area (Å²) < 4.78 is 81.5. The van der Waals surface area contributed by atoms with Crippen LogP contribution in [-0.4, -0.2) is 70.6 Å². The summed E-state index contributed by atoms with van der Waals surface area (Å²) in [5, 5.41) is 10.2. The largest absolute Gasteiger partial charge is 0.586 e. The van der Waals surface area contributed by atoms with Crippen LogP contribution in [-0.2, 0) is 11.1 Å². The topological polar surface area (TPSA) is 201 Å². The van der Waals surface area contributed by atoms with Crippen molar-refractivity contribution in [2.45, 2.75) is 37.5 Å². The van der Waals surface area contributed by atoms with Crippen molar-refractivity contribution in [3.63, 3.8) is 0 Å². The van der Waals surface area contributed by atoms with E-state index in [2.05, 4.69) is 24.9 Å². The SMILES string of the molecule is Nc1ncnc2c1ncn2Cc1cc(-c2cc(F)c(OP(=O)(O)Oc3ccccn3)cc2F)ncc1N1CCC[C@](N)([C@H](O)C(F)F)C1. The standard InChI is InChI=1S/C29H28F4N9O5P/c30-18-10-22(46-48(44,45)47-23-4-1-2-6-36-23)19(31)9-17(18)20-8-16(12-42-15-40-24-27(34)38-14-39-28(24)42)21(11-37-20)41-7-3-5-29(35,13-41)25(43)26(32)33/h1-2,4,6,8-11,14-15,25-26,43H,3,5,7,12-13,35H2,(H,44,45)(H2,34,38,39)/t25-,29-/m1/s1. The molecule has 0 spiro atoms. The van der Waals surface area contributed by atoms with Crippen LogP contribution in [0, 0.1) is 11.6 Å². The molecule has 0 radical (unpaired) electrons. The summed E-state index contributed by atoms with van der Waals surface area (Å²) >= 11 is 0. The summed E-state index contributed by atoms with van der Waals surface area (Å²) in [6.45, 7) is 0.260. The summed E-state index contributed by atoms with van der Waals surface area (Å²) in [4.78, 5) is 32.3. The number of halogens is 4. The predicted molar refractivity (Wildman–Crippen MR) is 164 cm³/mol. The van der Waals surface area contributed by atoms with Gasteiger partial charge in [0.2, 0.25) is 5.88 Å². The van der Waals surface area contributed by atoms with Crippen LogP contribution in [0.25, 0.3) is 22.4 Å². The Kier molecular flexibility index (Phi) is 8.91. The number of piperidine rings is 1. The molecule has 4 aromatic heterocycles. The molecule has 19 heteroatoms. The molecule has 6 rings (SSSR count). The van der Waals surface area contributed by atoms with E-state index in [9.17, 15) is 23.3 Å². The smallest absolute Gasteiger partial charge is 0.392 e. The number of imidazole rings is 1. The van der Waals surface area contributed by atoms with Crippen molar-refractivity contribution in [3.8, 4) is 22.9 Å². The van der Waals surface area contributed by atoms with Crippen LogP contribution >= 0.6 is 7.82 Å². The van der Waals surface area contributed by atoms with Gasteiger partial charge in [0.1, 0.15) is 23.8 Å². The third-order valence-corrected chi connectivity index (χ3v) is 8.66. The van der Waals surface area contributed by atoms with E-state index in [-0.39, 0.29) is 42.5 Å². The van der Waals surface area contributed by atoms with Crippen LogP contribution in [0.5, 0.6) is 11.6 Å². The van der Waals surface area contributed by atoms with Gasteiger partial charge >= 0.3 is 7.82 Å². The zero-order valence-corrected chi connectivity index (χ0v) is 25.7. The Morgan fingerprint density at radius 2 is 1.88 bits per heavy atom. The first kappa shape index (κ1) is 33.0. The molecule has 0 aliphatic carbocycles. The third-order valence-electron chi connectivity index (χ3n) is 7.82. The molecule has 0 saturated carbocycles. The van der Waals surface area contributed by atoms with Crippen molar-refractivity contribution in [1.82, 2.24) is 29.5 Å². The number of aliphatic hydroxyl groups is 1. The maximum Gasteiger partial charge on any atom is 0.586 e. The molecule has 6 N–H and O–H groups in total. The summed E-state index contributed by atoms with van der Waals surface area (Å²) in [5.41, 5.74) is 11.8. The Bertz CT molecular complexity index is 2010. The normalized spacial score (nSPS) is 18.5. The van der Waals surface area contributed by atoms with Gasteiger partial charge in [-0.05, 0) is 36.6 Å². The second kappa shape index (κ2) is 13.0. The Balaban J connectivity index is 1.36. The molecule has 14 nitrogen and oxygen atoms in total. The fourth-order valence-electron chi connectivity index (χ4n) is 5.51. The van der Waals surface area contributed by atoms with Crippen molar-refractivity contribution in [2.24, 2.45) is 5.73 Å². The third kappa shape index (κ3) is 6.73. The van der Waals surface area contributed by atoms with Gasteiger partial charge in [-0.25, -0.2) is 42.1 Å². The molecule has 1 fully saturated rings. The van der Waals surface area contributed by atoms with E-state index in [0.717, 1.165) is 6.07 Å². The molecule has 1 aromatic carbocycles. The summed E-state index contributed by atoms with van der Waals surface area (Å²) in [5.74, 6) is -3.29. The number of alkyl halides is 2. The Labute approximate surface area is 269 Å². The molecule has 1 aliphatic heterocycles. The van der Waals surface area contributed by atoms with Crippen LogP contribution in [0.1, 0.15) is 18.4 Å². The highest BCUT2D eigenvalue weighted by atomic mass is 31.2. The van der Waals surface area contributed by atoms with Crippen LogP contribution in [0.2, 0.25) is 0 Å². The quantitative estimate of drug-likeness (QED) is 0.122. The van der Waals surface area contributed by atoms with E-state index in [4.69, 9.17) is 20.5 Å². The fourth-order valence-corrected chi connectivity index (χ4v) is 6.28. The Morgan fingerprint density at radius 1 is 1.06 bits per heavy atom. The van der Waals surface area contributed by atoms with Crippen molar-refractivity contribution < 1.29 is 41.2 Å². The lowest BCUT2D eigenvalue weighted by Crippen LogP contribution is -2.63. The zero-order chi connectivity index (χ0) is 34.2. The molecule has 5 heterocycles. The van der Waals surface area contributed by atoms with Crippen LogP contribution in [0.15, 0.2) is 61.4 Å². The predicted octanol–water partition coefficient (Wildman–Crippen LogP) is 3.67. The number of nitrogens with zero attached hydrogens (tertiary/aromatic N) is 7. The van der Waals surface area contributed by atoms with Crippen LogP contribution in [0.4, 0.5) is 29.1 Å². The number of nitrogen functional groups attached to an aromatic ring is 1. The van der Waals surface area contributed by atoms with Gasteiger partial charge in [-0.15, -0.1) is 0 Å². The van der Waals surface area contributed by atoms with Crippen molar-refractivity contribution in [1.29, 1.82) is 0 Å². The lowest BCUT2D eigenvalue weighted by atomic mass is 9.84. The number of phosphoric acid groups is 1. The van der Waals surface area contributed by atoms with E-state index in [1.807, 2.05) is 0 Å². The number of phosphoric ester groups is 1. The van der Waals surface area contributed by atoms with Crippen molar-refractivity contribution >= 4 is 30.5 Å². The van der Waals surface area contributed by atoms with Gasteiger partial charge in [0, 0.05) is 37.0 Å². The number of benzene rings is 1. The van der Waals surface area contributed by atoms with Crippen LogP contribution < -0.4 is 25.4 Å². The minimum absolute atomic E-state index is 0.0349. The highest BCUT2D eigenvalue weighted by Gasteiger charge is 2.43. The Hall–Kier alpha value is -4.90. The molecule has 48 heavy (non-hydrogen) atoms. The highest BCUT2D eigenvalue weighted by molar-refractivity contribution is 7.48. The molecular weight excluding hydrogens is 661 g/mol. The number of anilines is 2. The number of aliphatic hydroxyl groups excluding tert-OH is 1. The minimum Gasteiger partial charge on any atom is -0.392 e. The average molecular weight is 690 g/mol. The zero-order valence-electron chi connectivity index (χ0n) is 24.8. The first-order valence-electron chi connectivity index (χ1n) is 14.4. The van der Waals surface area contributed by atoms with Crippen LogP contribution in [0.3, 0.4) is 0 Å². The molecule has 252 valence electrons. The molecule has 0 bridgehead atoms. The van der Waals surface area contributed by atoms with Crippen molar-refractivity contribution in [3.05, 3.63) is 78.6 Å². The maximum absolute atomic E-state index is 15.5. The number of nitrogens with two attached hydrogens (primary N) is 2. The van der Waals surface area contributed by atoms with Gasteiger partial charge in [-0.2, -0.15) is 0 Å². The first-order chi connectivity index (χ1) is 22.8. The Morgan fingerprint density at radius 3 is 2.62 bits per heavy atom. The van der Waals surface area contributed by atoms with E-state index >= 15 is 8.78 Å². The van der Waals surface area contributed by atoms with E-state index in [1.165, 1.54) is 49.3 Å². The lowest BCUT2D eigenvalue weighted by molar-refractivity contribution is -0.0529. The number of hydrogen-bond acceptors (Lipinski definition) is 12. The number of pyridine rings is 2. The molecule has 5 aromatic rings. The van der Waals surface area contributed by atoms with E-state index in [1.54, 1.807) is 9.47 Å². The first-order valence-corrected chi connectivity index (χ1v) is 15.9. The highest BCUT2D eigenvalue weighted by Crippen LogP contribution is 2.45. The summed E-state index contributed by atoms with van der Waals surface area (Å²) in [6.07, 6.45) is 0.721. The fraction of sp³-hybridized carbons (Fsp3) is 0.276. The second-order valence-electron chi connectivity index (χ2n) is 11.1. The number of aromatic nitrogens is 6. The summed E-state index contributed by atoms with van der Waals surface area (Å²) in [7, 11) is -4.97. The lowest BCUT2D eigenvalue weighted by Gasteiger charge is -2.44. The van der Waals surface area contributed by atoms with Crippen molar-refractivity contribution in [2.75, 3.05) is 23.7 Å². The molecular formula is C29H28F4N9O5P. The average Bonchev–Trinajstić information content (AvgIpc) is 3.46. The second-order valence-corrected chi connectivity index (χ2v) is 12.4. The van der Waals surface area contributed by atoms with Gasteiger partial charge in [-0.1, -0.05) is 6.07 Å². The number of fused-ring (bicyclic) bond motifs is 1. The molecule has 0 amide bonds.